The van der Waals surface area contributed by atoms with Gasteiger partial charge in [0.25, 0.3) is 5.91 Å². The molecule has 0 bridgehead atoms. The topological polar surface area (TPSA) is 33.5 Å². The molecule has 6 heteroatoms. The summed E-state index contributed by atoms with van der Waals surface area (Å²) in [6.45, 7) is 1.67. The van der Waals surface area contributed by atoms with Crippen LogP contribution < -0.4 is 0 Å². The number of hydrogen-bond acceptors (Lipinski definition) is 2. The molecule has 1 aliphatic rings. The van der Waals surface area contributed by atoms with Gasteiger partial charge in [0.2, 0.25) is 0 Å². The Morgan fingerprint density at radius 2 is 1.96 bits per heavy atom. The Balaban J connectivity index is 1.90. The van der Waals surface area contributed by atoms with E-state index in [0.29, 0.717) is 5.56 Å². The molecule has 1 amide bonds. The zero-order chi connectivity index (χ0) is 16.6. The van der Waals surface area contributed by atoms with E-state index in [1.165, 1.54) is 23.3 Å². The number of carbonyl (C=O) groups is 1. The molecule has 122 valence electrons. The van der Waals surface area contributed by atoms with Gasteiger partial charge in [0.05, 0.1) is 11.8 Å². The predicted octanol–water partition coefficient (Wildman–Crippen LogP) is 4.41. The van der Waals surface area contributed by atoms with Crippen molar-refractivity contribution in [3.63, 3.8) is 0 Å². The number of carbonyl (C=O) groups excluding carboxylic acids is 1. The summed E-state index contributed by atoms with van der Waals surface area (Å²) in [6.07, 6.45) is -1.41. The molecule has 0 radical (unpaired) electrons. The molecule has 0 unspecified atom stereocenters. The molecule has 0 spiro atoms. The van der Waals surface area contributed by atoms with Crippen molar-refractivity contribution in [2.45, 2.75) is 38.5 Å². The maximum atomic E-state index is 13.1. The first-order chi connectivity index (χ1) is 10.9. The molecule has 1 aromatic carbocycles. The number of amides is 1. The van der Waals surface area contributed by atoms with Crippen LogP contribution in [0.15, 0.2) is 41.0 Å². The number of benzene rings is 1. The summed E-state index contributed by atoms with van der Waals surface area (Å²) in [4.78, 5) is 14.1. The standard InChI is InChI=1S/C17H16F3NO2/c1-11-8-9-23-15(11)16(22)21(13-6-7-13)10-12-4-2-3-5-14(12)17(18,19)20/h2-5,8-9,13H,6-7,10H2,1H3. The van der Waals surface area contributed by atoms with Gasteiger partial charge in [-0.05, 0) is 37.5 Å². The van der Waals surface area contributed by atoms with Crippen molar-refractivity contribution in [1.82, 2.24) is 4.90 Å². The number of alkyl halides is 3. The molecule has 23 heavy (non-hydrogen) atoms. The average Bonchev–Trinajstić information content (AvgIpc) is 3.25. The van der Waals surface area contributed by atoms with Gasteiger partial charge in [0, 0.05) is 18.2 Å². The van der Waals surface area contributed by atoms with E-state index >= 15 is 0 Å². The van der Waals surface area contributed by atoms with Gasteiger partial charge in [-0.3, -0.25) is 4.79 Å². The number of rotatable bonds is 4. The molecule has 1 heterocycles. The molecule has 3 nitrogen and oxygen atoms in total. The summed E-state index contributed by atoms with van der Waals surface area (Å²) >= 11 is 0. The van der Waals surface area contributed by atoms with E-state index in [4.69, 9.17) is 4.42 Å². The lowest BCUT2D eigenvalue weighted by Gasteiger charge is -2.23. The molecule has 0 aliphatic heterocycles. The summed E-state index contributed by atoms with van der Waals surface area (Å²) in [5, 5.41) is 0. The molecule has 1 fully saturated rings. The molecule has 0 saturated heterocycles. The van der Waals surface area contributed by atoms with E-state index in [9.17, 15) is 18.0 Å². The first kappa shape index (κ1) is 15.6. The molecule has 1 saturated carbocycles. The highest BCUT2D eigenvalue weighted by Gasteiger charge is 2.38. The van der Waals surface area contributed by atoms with Crippen molar-refractivity contribution in [3.05, 3.63) is 59.0 Å². The first-order valence-corrected chi connectivity index (χ1v) is 7.38. The van der Waals surface area contributed by atoms with Crippen LogP contribution in [0.2, 0.25) is 0 Å². The lowest BCUT2D eigenvalue weighted by Crippen LogP contribution is -2.33. The normalized spacial score (nSPS) is 14.8. The van der Waals surface area contributed by atoms with Gasteiger partial charge in [-0.15, -0.1) is 0 Å². The van der Waals surface area contributed by atoms with Crippen LogP contribution in [0.4, 0.5) is 13.2 Å². The van der Waals surface area contributed by atoms with Crippen LogP contribution in [0.5, 0.6) is 0 Å². The monoisotopic (exact) mass is 323 g/mol. The number of halogens is 3. The lowest BCUT2D eigenvalue weighted by atomic mass is 10.1. The van der Waals surface area contributed by atoms with Gasteiger partial charge in [-0.1, -0.05) is 18.2 Å². The van der Waals surface area contributed by atoms with Gasteiger partial charge in [0.15, 0.2) is 5.76 Å². The molecule has 2 aromatic rings. The van der Waals surface area contributed by atoms with Gasteiger partial charge in [-0.2, -0.15) is 13.2 Å². The van der Waals surface area contributed by atoms with Crippen LogP contribution in [0.3, 0.4) is 0 Å². The molecule has 1 aliphatic carbocycles. The van der Waals surface area contributed by atoms with Crippen molar-refractivity contribution in [2.75, 3.05) is 0 Å². The van der Waals surface area contributed by atoms with E-state index < -0.39 is 11.7 Å². The fraction of sp³-hybridized carbons (Fsp3) is 0.353. The summed E-state index contributed by atoms with van der Waals surface area (Å²) in [6, 6.07) is 7.02. The second-order valence-electron chi connectivity index (χ2n) is 5.75. The SMILES string of the molecule is Cc1ccoc1C(=O)N(Cc1ccccc1C(F)(F)F)C1CC1. The Labute approximate surface area is 131 Å². The smallest absolute Gasteiger partial charge is 0.416 e. The van der Waals surface area contributed by atoms with Crippen molar-refractivity contribution in [3.8, 4) is 0 Å². The Morgan fingerprint density at radius 1 is 1.26 bits per heavy atom. The third kappa shape index (κ3) is 3.25. The van der Waals surface area contributed by atoms with Gasteiger partial charge >= 0.3 is 6.18 Å². The maximum absolute atomic E-state index is 13.1. The lowest BCUT2D eigenvalue weighted by molar-refractivity contribution is -0.138. The quantitative estimate of drug-likeness (QED) is 0.835. The van der Waals surface area contributed by atoms with E-state index in [1.807, 2.05) is 0 Å². The third-order valence-corrected chi connectivity index (χ3v) is 3.97. The largest absolute Gasteiger partial charge is 0.459 e. The van der Waals surface area contributed by atoms with E-state index in [1.54, 1.807) is 19.1 Å². The fourth-order valence-electron chi connectivity index (χ4n) is 2.59. The zero-order valence-corrected chi connectivity index (χ0v) is 12.6. The van der Waals surface area contributed by atoms with Crippen LogP contribution in [0, 0.1) is 6.92 Å². The highest BCUT2D eigenvalue weighted by atomic mass is 19.4. The Kier molecular flexibility index (Phi) is 3.92. The van der Waals surface area contributed by atoms with E-state index in [2.05, 4.69) is 0 Å². The number of furan rings is 1. The first-order valence-electron chi connectivity index (χ1n) is 7.38. The van der Waals surface area contributed by atoms with Crippen LogP contribution in [0.1, 0.15) is 40.1 Å². The minimum Gasteiger partial charge on any atom is -0.459 e. The highest BCUT2D eigenvalue weighted by Crippen LogP contribution is 2.35. The molecule has 3 rings (SSSR count). The van der Waals surface area contributed by atoms with Crippen LogP contribution >= 0.6 is 0 Å². The van der Waals surface area contributed by atoms with Crippen LogP contribution in [0.25, 0.3) is 0 Å². The summed E-state index contributed by atoms with van der Waals surface area (Å²) in [7, 11) is 0. The number of nitrogens with zero attached hydrogens (tertiary/aromatic N) is 1. The highest BCUT2D eigenvalue weighted by molar-refractivity contribution is 5.93. The van der Waals surface area contributed by atoms with Gasteiger partial charge < -0.3 is 9.32 Å². The second kappa shape index (κ2) is 5.76. The molecular weight excluding hydrogens is 307 g/mol. The molecule has 1 aromatic heterocycles. The van der Waals surface area contributed by atoms with Gasteiger partial charge in [-0.25, -0.2) is 0 Å². The van der Waals surface area contributed by atoms with Gasteiger partial charge in [0.1, 0.15) is 0 Å². The zero-order valence-electron chi connectivity index (χ0n) is 12.6. The summed E-state index contributed by atoms with van der Waals surface area (Å²) in [5.41, 5.74) is 0.0869. The molecule has 0 atom stereocenters. The van der Waals surface area contributed by atoms with Crippen molar-refractivity contribution in [2.24, 2.45) is 0 Å². The minimum atomic E-state index is -4.44. The number of aryl methyl sites for hydroxylation is 1. The Hall–Kier alpha value is -2.24. The maximum Gasteiger partial charge on any atom is 0.416 e. The number of hydrogen-bond donors (Lipinski definition) is 0. The van der Waals surface area contributed by atoms with Crippen molar-refractivity contribution in [1.29, 1.82) is 0 Å². The Morgan fingerprint density at radius 3 is 2.52 bits per heavy atom. The van der Waals surface area contributed by atoms with Crippen LogP contribution in [-0.4, -0.2) is 16.8 Å². The average molecular weight is 323 g/mol. The Bertz CT molecular complexity index is 717. The summed E-state index contributed by atoms with van der Waals surface area (Å²) < 4.78 is 44.6. The molecular formula is C17H16F3NO2. The molecule has 0 N–H and O–H groups in total. The van der Waals surface area contributed by atoms with Crippen molar-refractivity contribution >= 4 is 5.91 Å². The minimum absolute atomic E-state index is 0.0201. The summed E-state index contributed by atoms with van der Waals surface area (Å²) in [5.74, 6) is -0.159. The fourth-order valence-corrected chi connectivity index (χ4v) is 2.59. The van der Waals surface area contributed by atoms with Crippen molar-refractivity contribution < 1.29 is 22.4 Å². The third-order valence-electron chi connectivity index (χ3n) is 3.97. The van der Waals surface area contributed by atoms with E-state index in [-0.39, 0.29) is 29.8 Å². The van der Waals surface area contributed by atoms with E-state index in [0.717, 1.165) is 18.9 Å². The predicted molar refractivity (Wildman–Crippen MR) is 77.8 cm³/mol. The van der Waals surface area contributed by atoms with Crippen LogP contribution in [-0.2, 0) is 12.7 Å². The second-order valence-corrected chi connectivity index (χ2v) is 5.75.